The van der Waals surface area contributed by atoms with Gasteiger partial charge in [-0.15, -0.1) is 0 Å². The van der Waals surface area contributed by atoms with Gasteiger partial charge in [-0.25, -0.2) is 9.18 Å². The maximum Gasteiger partial charge on any atom is 0.322 e. The maximum atomic E-state index is 13.7. The molecule has 2 aliphatic heterocycles. The van der Waals surface area contributed by atoms with Crippen molar-refractivity contribution in [3.8, 4) is 0 Å². The SMILES string of the molecule is CN1C(=O)N[C@H](c2cccc(F)c2)C2=C1CN(Cc1ccccc1)C2=O. The quantitative estimate of drug-likeness (QED) is 0.925. The summed E-state index contributed by atoms with van der Waals surface area (Å²) in [5.41, 5.74) is 2.76. The molecular weight excluding hydrogens is 333 g/mol. The molecule has 0 spiro atoms. The molecule has 3 amide bonds. The highest BCUT2D eigenvalue weighted by atomic mass is 19.1. The summed E-state index contributed by atoms with van der Waals surface area (Å²) in [6.07, 6.45) is 0. The summed E-state index contributed by atoms with van der Waals surface area (Å²) in [4.78, 5) is 28.6. The Labute approximate surface area is 150 Å². The first-order valence-electron chi connectivity index (χ1n) is 8.40. The van der Waals surface area contributed by atoms with Gasteiger partial charge in [-0.05, 0) is 23.3 Å². The molecule has 26 heavy (non-hydrogen) atoms. The van der Waals surface area contributed by atoms with Crippen LogP contribution in [0.4, 0.5) is 9.18 Å². The lowest BCUT2D eigenvalue weighted by molar-refractivity contribution is -0.126. The average molecular weight is 351 g/mol. The standard InChI is InChI=1S/C20H18FN3O2/c1-23-16-12-24(11-13-6-3-2-4-7-13)19(25)17(16)18(22-20(23)26)14-8-5-9-15(21)10-14/h2-10,18H,11-12H2,1H3,(H,22,26)/t18-/m1/s1. The largest absolute Gasteiger partial charge is 0.329 e. The molecule has 1 atom stereocenters. The molecule has 1 N–H and O–H groups in total. The van der Waals surface area contributed by atoms with Crippen molar-refractivity contribution < 1.29 is 14.0 Å². The van der Waals surface area contributed by atoms with Gasteiger partial charge in [-0.2, -0.15) is 0 Å². The molecule has 0 unspecified atom stereocenters. The summed E-state index contributed by atoms with van der Waals surface area (Å²) in [5.74, 6) is -0.533. The second kappa shape index (κ2) is 6.29. The second-order valence-corrected chi connectivity index (χ2v) is 6.50. The number of urea groups is 1. The molecule has 0 saturated carbocycles. The van der Waals surface area contributed by atoms with Crippen LogP contribution >= 0.6 is 0 Å². The number of carbonyl (C=O) groups excluding carboxylic acids is 2. The topological polar surface area (TPSA) is 52.7 Å². The number of hydrogen-bond acceptors (Lipinski definition) is 2. The summed E-state index contributed by atoms with van der Waals surface area (Å²) in [6, 6.07) is 14.8. The van der Waals surface area contributed by atoms with E-state index in [1.165, 1.54) is 17.0 Å². The van der Waals surface area contributed by atoms with Crippen molar-refractivity contribution in [3.05, 3.63) is 82.8 Å². The van der Waals surface area contributed by atoms with Crippen LogP contribution in [0.3, 0.4) is 0 Å². The Morgan fingerprint density at radius 2 is 1.88 bits per heavy atom. The van der Waals surface area contributed by atoms with Gasteiger partial charge in [0, 0.05) is 13.6 Å². The van der Waals surface area contributed by atoms with Crippen molar-refractivity contribution in [3.63, 3.8) is 0 Å². The van der Waals surface area contributed by atoms with Gasteiger partial charge in [0.25, 0.3) is 5.91 Å². The third kappa shape index (κ3) is 2.73. The molecule has 0 aliphatic carbocycles. The van der Waals surface area contributed by atoms with Gasteiger partial charge in [0.05, 0.1) is 23.9 Å². The first-order valence-corrected chi connectivity index (χ1v) is 8.40. The highest BCUT2D eigenvalue weighted by Crippen LogP contribution is 2.36. The van der Waals surface area contributed by atoms with Crippen molar-refractivity contribution in [2.24, 2.45) is 0 Å². The van der Waals surface area contributed by atoms with Crippen LogP contribution in [-0.2, 0) is 11.3 Å². The fraction of sp³-hybridized carbons (Fsp3) is 0.200. The van der Waals surface area contributed by atoms with E-state index in [9.17, 15) is 14.0 Å². The minimum absolute atomic E-state index is 0.134. The van der Waals surface area contributed by atoms with E-state index in [2.05, 4.69) is 5.32 Å². The number of nitrogens with zero attached hydrogens (tertiary/aromatic N) is 2. The molecule has 0 saturated heterocycles. The number of nitrogens with one attached hydrogen (secondary N) is 1. The Morgan fingerprint density at radius 3 is 2.62 bits per heavy atom. The molecule has 4 rings (SSSR count). The summed E-state index contributed by atoms with van der Waals surface area (Å²) in [5, 5.41) is 2.81. The van der Waals surface area contributed by atoms with Gasteiger partial charge < -0.3 is 10.2 Å². The van der Waals surface area contributed by atoms with Crippen molar-refractivity contribution in [2.75, 3.05) is 13.6 Å². The minimum atomic E-state index is -0.641. The zero-order valence-corrected chi connectivity index (χ0v) is 14.3. The number of rotatable bonds is 3. The van der Waals surface area contributed by atoms with Crippen molar-refractivity contribution in [1.82, 2.24) is 15.1 Å². The lowest BCUT2D eigenvalue weighted by Crippen LogP contribution is -2.45. The second-order valence-electron chi connectivity index (χ2n) is 6.50. The van der Waals surface area contributed by atoms with E-state index in [-0.39, 0.29) is 11.9 Å². The van der Waals surface area contributed by atoms with E-state index in [0.29, 0.717) is 29.9 Å². The van der Waals surface area contributed by atoms with E-state index in [1.807, 2.05) is 30.3 Å². The smallest absolute Gasteiger partial charge is 0.322 e. The van der Waals surface area contributed by atoms with Crippen molar-refractivity contribution in [1.29, 1.82) is 0 Å². The van der Waals surface area contributed by atoms with Crippen LogP contribution in [0.25, 0.3) is 0 Å². The van der Waals surface area contributed by atoms with Gasteiger partial charge in [0.1, 0.15) is 5.82 Å². The first kappa shape index (κ1) is 16.3. The monoisotopic (exact) mass is 351 g/mol. The van der Waals surface area contributed by atoms with Gasteiger partial charge in [0.15, 0.2) is 0 Å². The minimum Gasteiger partial charge on any atom is -0.329 e. The number of amides is 3. The highest BCUT2D eigenvalue weighted by Gasteiger charge is 2.42. The molecule has 0 fully saturated rings. The van der Waals surface area contributed by atoms with E-state index >= 15 is 0 Å². The number of benzene rings is 2. The van der Waals surface area contributed by atoms with Crippen LogP contribution < -0.4 is 5.32 Å². The van der Waals surface area contributed by atoms with Crippen LogP contribution in [0.15, 0.2) is 65.9 Å². The van der Waals surface area contributed by atoms with Gasteiger partial charge in [-0.1, -0.05) is 42.5 Å². The predicted octanol–water partition coefficient (Wildman–Crippen LogP) is 2.82. The van der Waals surface area contributed by atoms with Crippen LogP contribution in [0.2, 0.25) is 0 Å². The number of halogens is 1. The van der Waals surface area contributed by atoms with E-state index in [4.69, 9.17) is 0 Å². The number of hydrogen-bond donors (Lipinski definition) is 1. The predicted molar refractivity (Wildman–Crippen MR) is 94.3 cm³/mol. The van der Waals surface area contributed by atoms with Gasteiger partial charge in [0.2, 0.25) is 0 Å². The number of carbonyl (C=O) groups is 2. The number of likely N-dealkylation sites (N-methyl/N-ethyl adjacent to an activating group) is 1. The third-order valence-electron chi connectivity index (χ3n) is 4.83. The van der Waals surface area contributed by atoms with E-state index in [1.54, 1.807) is 24.1 Å². The average Bonchev–Trinajstić information content (AvgIpc) is 2.96. The van der Waals surface area contributed by atoms with E-state index < -0.39 is 11.9 Å². The van der Waals surface area contributed by atoms with Crippen LogP contribution in [0.1, 0.15) is 17.2 Å². The summed E-state index contributed by atoms with van der Waals surface area (Å²) in [7, 11) is 1.64. The Bertz CT molecular complexity index is 910. The van der Waals surface area contributed by atoms with Crippen molar-refractivity contribution in [2.45, 2.75) is 12.6 Å². The molecular formula is C20H18FN3O2. The molecule has 132 valence electrons. The van der Waals surface area contributed by atoms with Crippen molar-refractivity contribution >= 4 is 11.9 Å². The maximum absolute atomic E-state index is 13.7. The fourth-order valence-electron chi connectivity index (χ4n) is 3.49. The molecule has 2 aliphatic rings. The molecule has 5 nitrogen and oxygen atoms in total. The molecule has 2 heterocycles. The Morgan fingerprint density at radius 1 is 1.12 bits per heavy atom. The van der Waals surface area contributed by atoms with Crippen LogP contribution in [0, 0.1) is 5.82 Å². The van der Waals surface area contributed by atoms with Gasteiger partial charge >= 0.3 is 6.03 Å². The normalized spacial score (nSPS) is 19.7. The molecule has 0 radical (unpaired) electrons. The summed E-state index contributed by atoms with van der Waals surface area (Å²) >= 11 is 0. The molecule has 2 aromatic rings. The zero-order valence-electron chi connectivity index (χ0n) is 14.3. The van der Waals surface area contributed by atoms with Gasteiger partial charge in [-0.3, -0.25) is 9.69 Å². The van der Waals surface area contributed by atoms with E-state index in [0.717, 1.165) is 5.56 Å². The lowest BCUT2D eigenvalue weighted by Gasteiger charge is -2.31. The highest BCUT2D eigenvalue weighted by molar-refractivity contribution is 6.01. The third-order valence-corrected chi connectivity index (χ3v) is 4.83. The molecule has 6 heteroatoms. The lowest BCUT2D eigenvalue weighted by atomic mass is 9.95. The van der Waals surface area contributed by atoms with Crippen LogP contribution in [-0.4, -0.2) is 35.3 Å². The Kier molecular flexibility index (Phi) is 3.95. The summed E-state index contributed by atoms with van der Waals surface area (Å²) < 4.78 is 13.7. The molecule has 0 aromatic heterocycles. The zero-order chi connectivity index (χ0) is 18.3. The molecule has 2 aromatic carbocycles. The van der Waals surface area contributed by atoms with Crippen LogP contribution in [0.5, 0.6) is 0 Å². The summed E-state index contributed by atoms with van der Waals surface area (Å²) in [6.45, 7) is 0.823. The Hall–Kier alpha value is -3.15. The fourth-order valence-corrected chi connectivity index (χ4v) is 3.49. The molecule has 0 bridgehead atoms. The Balaban J connectivity index is 1.69. The first-order chi connectivity index (χ1) is 12.5.